The van der Waals surface area contributed by atoms with Crippen molar-refractivity contribution >= 4 is 46.5 Å². The van der Waals surface area contributed by atoms with Gasteiger partial charge in [0.1, 0.15) is 10.9 Å². The van der Waals surface area contributed by atoms with Crippen LogP contribution in [0.5, 0.6) is 0 Å². The van der Waals surface area contributed by atoms with Crippen LogP contribution in [0.4, 0.5) is 4.79 Å². The molecule has 0 bridgehead atoms. The van der Waals surface area contributed by atoms with Gasteiger partial charge in [0, 0.05) is 6.54 Å². The zero-order valence-electron chi connectivity index (χ0n) is 9.90. The highest BCUT2D eigenvalue weighted by Gasteiger charge is 2.28. The Labute approximate surface area is 124 Å². The maximum Gasteiger partial charge on any atom is 0.340 e. The number of urea groups is 1. The number of ether oxygens (including phenoxy) is 1. The Morgan fingerprint density at radius 1 is 1.53 bits per heavy atom. The third-order valence-electron chi connectivity index (χ3n) is 2.94. The number of esters is 1. The van der Waals surface area contributed by atoms with Gasteiger partial charge in [0.2, 0.25) is 0 Å². The SMILES string of the molecule is NC(=O)N1CCC[C@@H]1COC(=O)c1cc(Cl)sc1Cl. The molecule has 2 rings (SSSR count). The highest BCUT2D eigenvalue weighted by Crippen LogP contribution is 2.31. The van der Waals surface area contributed by atoms with Crippen LogP contribution >= 0.6 is 34.5 Å². The van der Waals surface area contributed by atoms with Crippen molar-refractivity contribution in [2.45, 2.75) is 18.9 Å². The molecule has 1 fully saturated rings. The summed E-state index contributed by atoms with van der Waals surface area (Å²) < 4.78 is 5.89. The molecule has 104 valence electrons. The second-order valence-corrected chi connectivity index (χ2v) is 6.45. The van der Waals surface area contributed by atoms with Crippen LogP contribution < -0.4 is 5.73 Å². The van der Waals surface area contributed by atoms with Crippen LogP contribution in [0.15, 0.2) is 6.07 Å². The van der Waals surface area contributed by atoms with Gasteiger partial charge in [-0.25, -0.2) is 9.59 Å². The zero-order valence-corrected chi connectivity index (χ0v) is 12.2. The Balaban J connectivity index is 1.94. The number of amides is 2. The molecule has 19 heavy (non-hydrogen) atoms. The number of hydrogen-bond acceptors (Lipinski definition) is 4. The van der Waals surface area contributed by atoms with E-state index in [0.29, 0.717) is 15.2 Å². The molecule has 0 spiro atoms. The highest BCUT2D eigenvalue weighted by molar-refractivity contribution is 7.20. The maximum absolute atomic E-state index is 11.8. The summed E-state index contributed by atoms with van der Waals surface area (Å²) in [5.74, 6) is -0.538. The van der Waals surface area contributed by atoms with Crippen LogP contribution in [0.1, 0.15) is 23.2 Å². The summed E-state index contributed by atoms with van der Waals surface area (Å²) >= 11 is 12.7. The van der Waals surface area contributed by atoms with Crippen LogP contribution in [-0.2, 0) is 4.74 Å². The number of thiophene rings is 1. The van der Waals surface area contributed by atoms with Crippen LogP contribution in [0, 0.1) is 0 Å². The number of halogens is 2. The van der Waals surface area contributed by atoms with E-state index in [1.807, 2.05) is 0 Å². The number of hydrogen-bond donors (Lipinski definition) is 1. The summed E-state index contributed by atoms with van der Waals surface area (Å²) in [5.41, 5.74) is 5.49. The molecule has 5 nitrogen and oxygen atoms in total. The lowest BCUT2D eigenvalue weighted by atomic mass is 10.2. The summed E-state index contributed by atoms with van der Waals surface area (Å²) in [6, 6.07) is 0.821. The number of primary amides is 1. The predicted octanol–water partition coefficient (Wildman–Crippen LogP) is 2.75. The number of likely N-dealkylation sites (tertiary alicyclic amines) is 1. The fraction of sp³-hybridized carbons (Fsp3) is 0.455. The van der Waals surface area contributed by atoms with Gasteiger partial charge >= 0.3 is 12.0 Å². The van der Waals surface area contributed by atoms with Gasteiger partial charge in [-0.1, -0.05) is 23.2 Å². The fourth-order valence-electron chi connectivity index (χ4n) is 2.03. The molecule has 0 unspecified atom stereocenters. The maximum atomic E-state index is 11.8. The van der Waals surface area contributed by atoms with E-state index in [9.17, 15) is 9.59 Å². The summed E-state index contributed by atoms with van der Waals surface area (Å²) in [7, 11) is 0. The molecule has 1 aromatic heterocycles. The molecule has 1 atom stereocenters. The average Bonchev–Trinajstić information content (AvgIpc) is 2.92. The van der Waals surface area contributed by atoms with E-state index in [2.05, 4.69) is 0 Å². The number of carbonyl (C=O) groups excluding carboxylic acids is 2. The van der Waals surface area contributed by atoms with Crippen molar-refractivity contribution in [2.24, 2.45) is 5.73 Å². The minimum absolute atomic E-state index is 0.117. The van der Waals surface area contributed by atoms with Crippen molar-refractivity contribution in [1.82, 2.24) is 4.90 Å². The van der Waals surface area contributed by atoms with Crippen LogP contribution in [-0.4, -0.2) is 36.1 Å². The van der Waals surface area contributed by atoms with E-state index in [4.69, 9.17) is 33.7 Å². The van der Waals surface area contributed by atoms with E-state index >= 15 is 0 Å². The van der Waals surface area contributed by atoms with Crippen molar-refractivity contribution < 1.29 is 14.3 Å². The Kier molecular flexibility index (Phi) is 4.54. The van der Waals surface area contributed by atoms with Gasteiger partial charge in [-0.15, -0.1) is 11.3 Å². The van der Waals surface area contributed by atoms with Crippen molar-refractivity contribution in [3.63, 3.8) is 0 Å². The van der Waals surface area contributed by atoms with E-state index < -0.39 is 12.0 Å². The zero-order chi connectivity index (χ0) is 14.0. The normalized spacial score (nSPS) is 18.6. The Morgan fingerprint density at radius 2 is 2.26 bits per heavy atom. The quantitative estimate of drug-likeness (QED) is 0.869. The molecule has 1 saturated heterocycles. The van der Waals surface area contributed by atoms with Gasteiger partial charge in [0.25, 0.3) is 0 Å². The first-order chi connectivity index (χ1) is 8.99. The predicted molar refractivity (Wildman–Crippen MR) is 73.9 cm³/mol. The number of rotatable bonds is 3. The first-order valence-corrected chi connectivity index (χ1v) is 7.24. The van der Waals surface area contributed by atoms with Crippen LogP contribution in [0.2, 0.25) is 8.67 Å². The molecule has 2 N–H and O–H groups in total. The fourth-order valence-corrected chi connectivity index (χ4v) is 3.47. The Morgan fingerprint density at radius 3 is 2.84 bits per heavy atom. The molecule has 0 radical (unpaired) electrons. The van der Waals surface area contributed by atoms with Crippen molar-refractivity contribution in [1.29, 1.82) is 0 Å². The van der Waals surface area contributed by atoms with Crippen LogP contribution in [0.25, 0.3) is 0 Å². The molecule has 1 aliphatic rings. The minimum Gasteiger partial charge on any atom is -0.460 e. The topological polar surface area (TPSA) is 72.6 Å². The second-order valence-electron chi connectivity index (χ2n) is 4.16. The molecule has 8 heteroatoms. The van der Waals surface area contributed by atoms with E-state index in [-0.39, 0.29) is 18.2 Å². The molecule has 0 aromatic carbocycles. The minimum atomic E-state index is -0.538. The number of nitrogens with two attached hydrogens (primary N) is 1. The Hall–Kier alpha value is -0.980. The molecule has 0 saturated carbocycles. The lowest BCUT2D eigenvalue weighted by Gasteiger charge is -2.22. The lowest BCUT2D eigenvalue weighted by Crippen LogP contribution is -2.41. The van der Waals surface area contributed by atoms with E-state index in [1.165, 1.54) is 11.0 Å². The number of nitrogens with zero attached hydrogens (tertiary/aromatic N) is 1. The van der Waals surface area contributed by atoms with Gasteiger partial charge in [-0.3, -0.25) is 0 Å². The summed E-state index contributed by atoms with van der Waals surface area (Å²) in [4.78, 5) is 24.5. The van der Waals surface area contributed by atoms with Crippen molar-refractivity contribution in [2.75, 3.05) is 13.2 Å². The van der Waals surface area contributed by atoms with E-state index in [1.54, 1.807) is 0 Å². The Bertz CT molecular complexity index is 506. The summed E-state index contributed by atoms with van der Waals surface area (Å²) in [6.45, 7) is 0.716. The third kappa shape index (κ3) is 3.32. The molecule has 2 amide bonds. The summed E-state index contributed by atoms with van der Waals surface area (Å²) in [6.07, 6.45) is 1.63. The molecule has 1 aromatic rings. The molecule has 0 aliphatic carbocycles. The lowest BCUT2D eigenvalue weighted by molar-refractivity contribution is 0.0423. The standard InChI is InChI=1S/C11H12Cl2N2O3S/c12-8-4-7(9(13)19-8)10(16)18-5-6-2-1-3-15(6)11(14)17/h4,6H,1-3,5H2,(H2,14,17)/t6-/m1/s1. The van der Waals surface area contributed by atoms with Gasteiger partial charge in [0.05, 0.1) is 15.9 Å². The first-order valence-electron chi connectivity index (χ1n) is 5.67. The van der Waals surface area contributed by atoms with Crippen molar-refractivity contribution in [3.8, 4) is 0 Å². The monoisotopic (exact) mass is 322 g/mol. The van der Waals surface area contributed by atoms with Crippen molar-refractivity contribution in [3.05, 3.63) is 20.3 Å². The molecular formula is C11H12Cl2N2O3S. The second kappa shape index (κ2) is 5.98. The molecular weight excluding hydrogens is 311 g/mol. The first kappa shape index (κ1) is 14.4. The summed E-state index contributed by atoms with van der Waals surface area (Å²) in [5, 5.41) is 0. The molecule has 1 aliphatic heterocycles. The number of carbonyl (C=O) groups is 2. The largest absolute Gasteiger partial charge is 0.460 e. The third-order valence-corrected chi connectivity index (χ3v) is 4.43. The highest BCUT2D eigenvalue weighted by atomic mass is 35.5. The van der Waals surface area contributed by atoms with Gasteiger partial charge in [0.15, 0.2) is 0 Å². The van der Waals surface area contributed by atoms with Gasteiger partial charge in [-0.05, 0) is 18.9 Å². The molecule has 2 heterocycles. The van der Waals surface area contributed by atoms with Crippen LogP contribution in [0.3, 0.4) is 0 Å². The smallest absolute Gasteiger partial charge is 0.340 e. The van der Waals surface area contributed by atoms with Gasteiger partial charge < -0.3 is 15.4 Å². The average molecular weight is 323 g/mol. The van der Waals surface area contributed by atoms with E-state index in [0.717, 1.165) is 24.2 Å². The van der Waals surface area contributed by atoms with Gasteiger partial charge in [-0.2, -0.15) is 0 Å².